The predicted molar refractivity (Wildman–Crippen MR) is 65.9 cm³/mol. The van der Waals surface area contributed by atoms with Gasteiger partial charge in [-0.1, -0.05) is 13.8 Å². The Morgan fingerprint density at radius 3 is 2.12 bits per heavy atom. The second-order valence-corrected chi connectivity index (χ2v) is 7.11. The van der Waals surface area contributed by atoms with Crippen molar-refractivity contribution in [1.29, 1.82) is 0 Å². The number of hydrogen-bond donors (Lipinski definition) is 2. The molecule has 0 aromatic heterocycles. The predicted octanol–water partition coefficient (Wildman–Crippen LogP) is 0.662. The van der Waals surface area contributed by atoms with E-state index in [4.69, 9.17) is 5.11 Å². The normalized spacial score (nSPS) is 13.4. The van der Waals surface area contributed by atoms with Gasteiger partial charge < -0.3 is 5.11 Å². The first-order chi connectivity index (χ1) is 7.44. The average Bonchev–Trinajstić information content (AvgIpc) is 1.95. The van der Waals surface area contributed by atoms with E-state index in [2.05, 4.69) is 4.72 Å². The summed E-state index contributed by atoms with van der Waals surface area (Å²) >= 11 is 0. The molecule has 0 rings (SSSR count). The minimum atomic E-state index is -3.77. The molecule has 2 N–H and O–H groups in total. The third-order valence-corrected chi connectivity index (χ3v) is 3.48. The summed E-state index contributed by atoms with van der Waals surface area (Å²) < 4.78 is 27.3. The maximum absolute atomic E-state index is 12.0. The highest BCUT2D eigenvalue weighted by Gasteiger charge is 2.28. The van der Waals surface area contributed by atoms with Gasteiger partial charge in [0.1, 0.15) is 6.54 Å². The van der Waals surface area contributed by atoms with E-state index in [0.29, 0.717) is 0 Å². The summed E-state index contributed by atoms with van der Waals surface area (Å²) in [6, 6.07) is 0. The van der Waals surface area contributed by atoms with Gasteiger partial charge in [-0.3, -0.25) is 4.79 Å². The molecule has 102 valence electrons. The van der Waals surface area contributed by atoms with Gasteiger partial charge in [0, 0.05) is 12.1 Å². The number of rotatable bonds is 6. The van der Waals surface area contributed by atoms with Crippen molar-refractivity contribution in [3.8, 4) is 0 Å². The fraction of sp³-hybridized carbons (Fsp3) is 0.900. The Labute approximate surface area is 103 Å². The zero-order valence-corrected chi connectivity index (χ0v) is 11.8. The van der Waals surface area contributed by atoms with Gasteiger partial charge in [0.25, 0.3) is 10.2 Å². The van der Waals surface area contributed by atoms with E-state index in [-0.39, 0.29) is 12.5 Å². The molecule has 7 heteroatoms. The fourth-order valence-corrected chi connectivity index (χ4v) is 2.94. The molecule has 0 aliphatic carbocycles. The number of carboxylic acid groups (broad SMARTS) is 1. The highest BCUT2D eigenvalue weighted by atomic mass is 32.2. The Kier molecular flexibility index (Phi) is 5.57. The van der Waals surface area contributed by atoms with Crippen LogP contribution in [0.5, 0.6) is 0 Å². The van der Waals surface area contributed by atoms with Crippen molar-refractivity contribution in [3.05, 3.63) is 0 Å². The molecule has 0 aromatic rings. The van der Waals surface area contributed by atoms with Crippen LogP contribution in [0.4, 0.5) is 0 Å². The Morgan fingerprint density at radius 1 is 1.35 bits per heavy atom. The van der Waals surface area contributed by atoms with Crippen molar-refractivity contribution < 1.29 is 18.3 Å². The largest absolute Gasteiger partial charge is 0.480 e. The minimum absolute atomic E-state index is 0.0610. The summed E-state index contributed by atoms with van der Waals surface area (Å²) in [6.07, 6.45) is 0. The molecule has 0 aliphatic rings. The van der Waals surface area contributed by atoms with Crippen molar-refractivity contribution in [2.45, 2.75) is 40.2 Å². The molecule has 0 saturated heterocycles. The van der Waals surface area contributed by atoms with E-state index >= 15 is 0 Å². The van der Waals surface area contributed by atoms with Gasteiger partial charge in [-0.2, -0.15) is 17.4 Å². The Bertz CT molecular complexity index is 357. The summed E-state index contributed by atoms with van der Waals surface area (Å²) in [5.74, 6) is -1.10. The van der Waals surface area contributed by atoms with Crippen molar-refractivity contribution in [2.24, 2.45) is 5.92 Å². The molecule has 0 atom stereocenters. The smallest absolute Gasteiger partial charge is 0.318 e. The standard InChI is InChI=1S/C10H22N2O4S/c1-8(2)6-12(7-9(13)14)17(15,16)11-10(3,4)5/h8,11H,6-7H2,1-5H3,(H,13,14). The first-order valence-electron chi connectivity index (χ1n) is 5.45. The van der Waals surface area contributed by atoms with Gasteiger partial charge in [0.2, 0.25) is 0 Å². The monoisotopic (exact) mass is 266 g/mol. The molecule has 0 radical (unpaired) electrons. The third kappa shape index (κ3) is 7.30. The SMILES string of the molecule is CC(C)CN(CC(=O)O)S(=O)(=O)NC(C)(C)C. The molecule has 0 bridgehead atoms. The summed E-state index contributed by atoms with van der Waals surface area (Å²) in [5.41, 5.74) is -0.632. The Morgan fingerprint density at radius 2 is 1.82 bits per heavy atom. The van der Waals surface area contributed by atoms with Gasteiger partial charge >= 0.3 is 5.97 Å². The zero-order valence-electron chi connectivity index (χ0n) is 11.0. The van der Waals surface area contributed by atoms with Crippen LogP contribution in [0, 0.1) is 5.92 Å². The molecular weight excluding hydrogens is 244 g/mol. The molecule has 0 spiro atoms. The number of nitrogens with zero attached hydrogens (tertiary/aromatic N) is 1. The number of hydrogen-bond acceptors (Lipinski definition) is 3. The molecule has 6 nitrogen and oxygen atoms in total. The van der Waals surface area contributed by atoms with Crippen LogP contribution in [0.2, 0.25) is 0 Å². The van der Waals surface area contributed by atoms with Crippen LogP contribution in [0.25, 0.3) is 0 Å². The average molecular weight is 266 g/mol. The van der Waals surface area contributed by atoms with E-state index in [9.17, 15) is 13.2 Å². The molecule has 0 heterocycles. The van der Waals surface area contributed by atoms with Crippen LogP contribution in [-0.4, -0.2) is 42.4 Å². The quantitative estimate of drug-likeness (QED) is 0.739. The maximum atomic E-state index is 12.0. The maximum Gasteiger partial charge on any atom is 0.318 e. The molecule has 0 aliphatic heterocycles. The number of aliphatic carboxylic acids is 1. The number of nitrogens with one attached hydrogen (secondary N) is 1. The van der Waals surface area contributed by atoms with Crippen LogP contribution in [0.1, 0.15) is 34.6 Å². The lowest BCUT2D eigenvalue weighted by atomic mass is 10.1. The lowest BCUT2D eigenvalue weighted by Gasteiger charge is -2.27. The lowest BCUT2D eigenvalue weighted by Crippen LogP contribution is -2.51. The van der Waals surface area contributed by atoms with Crippen LogP contribution < -0.4 is 4.72 Å². The van der Waals surface area contributed by atoms with Gasteiger partial charge in [-0.15, -0.1) is 0 Å². The number of carboxylic acids is 1. The Hall–Kier alpha value is -0.660. The highest BCUT2D eigenvalue weighted by molar-refractivity contribution is 7.87. The van der Waals surface area contributed by atoms with Crippen molar-refractivity contribution in [2.75, 3.05) is 13.1 Å². The Balaban J connectivity index is 4.95. The molecule has 0 amide bonds. The van der Waals surface area contributed by atoms with Crippen LogP contribution in [0.15, 0.2) is 0 Å². The second kappa shape index (κ2) is 5.79. The fourth-order valence-electron chi connectivity index (χ4n) is 1.26. The molecule has 0 aromatic carbocycles. The molecule has 0 unspecified atom stereocenters. The van der Waals surface area contributed by atoms with Crippen molar-refractivity contribution in [3.63, 3.8) is 0 Å². The van der Waals surface area contributed by atoms with E-state index in [1.165, 1.54) is 0 Å². The summed E-state index contributed by atoms with van der Waals surface area (Å²) in [5, 5.41) is 8.72. The van der Waals surface area contributed by atoms with E-state index in [1.807, 2.05) is 13.8 Å². The van der Waals surface area contributed by atoms with Crippen molar-refractivity contribution in [1.82, 2.24) is 9.03 Å². The van der Waals surface area contributed by atoms with Gasteiger partial charge in [0.15, 0.2) is 0 Å². The molecule has 0 saturated carbocycles. The van der Waals surface area contributed by atoms with Gasteiger partial charge in [-0.05, 0) is 26.7 Å². The van der Waals surface area contributed by atoms with E-state index in [1.54, 1.807) is 20.8 Å². The highest BCUT2D eigenvalue weighted by Crippen LogP contribution is 2.09. The summed E-state index contributed by atoms with van der Waals surface area (Å²) in [7, 11) is -3.77. The van der Waals surface area contributed by atoms with E-state index < -0.39 is 28.3 Å². The molecular formula is C10H22N2O4S. The summed E-state index contributed by atoms with van der Waals surface area (Å²) in [4.78, 5) is 10.7. The molecule has 0 fully saturated rings. The van der Waals surface area contributed by atoms with Crippen molar-refractivity contribution >= 4 is 16.2 Å². The van der Waals surface area contributed by atoms with Gasteiger partial charge in [-0.25, -0.2) is 0 Å². The summed E-state index contributed by atoms with van der Waals surface area (Å²) in [6.45, 7) is 8.45. The lowest BCUT2D eigenvalue weighted by molar-refractivity contribution is -0.137. The van der Waals surface area contributed by atoms with Crippen LogP contribution in [0.3, 0.4) is 0 Å². The number of carbonyl (C=O) groups is 1. The van der Waals surface area contributed by atoms with Crippen LogP contribution in [-0.2, 0) is 15.0 Å². The van der Waals surface area contributed by atoms with E-state index in [0.717, 1.165) is 4.31 Å². The zero-order chi connectivity index (χ0) is 13.9. The topological polar surface area (TPSA) is 86.7 Å². The second-order valence-electron chi connectivity index (χ2n) is 5.44. The molecule has 17 heavy (non-hydrogen) atoms. The minimum Gasteiger partial charge on any atom is -0.480 e. The first kappa shape index (κ1) is 16.3. The van der Waals surface area contributed by atoms with Gasteiger partial charge in [0.05, 0.1) is 0 Å². The third-order valence-electron chi connectivity index (χ3n) is 1.66. The first-order valence-corrected chi connectivity index (χ1v) is 6.89. The van der Waals surface area contributed by atoms with Crippen LogP contribution >= 0.6 is 0 Å².